The lowest BCUT2D eigenvalue weighted by atomic mass is 9.94. The molecule has 76 valence electrons. The van der Waals surface area contributed by atoms with Crippen LogP contribution in [0.5, 0.6) is 0 Å². The van der Waals surface area contributed by atoms with Gasteiger partial charge in [-0.2, -0.15) is 0 Å². The highest BCUT2D eigenvalue weighted by molar-refractivity contribution is 5.38. The molecule has 1 heterocycles. The van der Waals surface area contributed by atoms with Gasteiger partial charge in [0.25, 0.3) is 0 Å². The van der Waals surface area contributed by atoms with Crippen LogP contribution in [0.15, 0.2) is 24.8 Å². The minimum Gasteiger partial charge on any atom is -0.382 e. The van der Waals surface area contributed by atoms with E-state index in [-0.39, 0.29) is 5.41 Å². The minimum absolute atomic E-state index is 0.0447. The molecule has 4 nitrogen and oxygen atoms in total. The maximum atomic E-state index is 5.42. The molecule has 0 unspecified atom stereocenters. The van der Waals surface area contributed by atoms with E-state index in [1.807, 2.05) is 12.1 Å². The third kappa shape index (κ3) is 3.05. The maximum absolute atomic E-state index is 5.42. The highest BCUT2D eigenvalue weighted by Crippen LogP contribution is 2.16. The summed E-state index contributed by atoms with van der Waals surface area (Å²) in [5.41, 5.74) is 5.46. The molecule has 0 saturated heterocycles. The number of rotatable bonds is 4. The predicted molar refractivity (Wildman–Crippen MR) is 58.9 cm³/mol. The highest BCUT2D eigenvalue weighted by atomic mass is 15.2. The van der Waals surface area contributed by atoms with Crippen molar-refractivity contribution in [3.8, 4) is 0 Å². The molecule has 0 atom stereocenters. The zero-order valence-corrected chi connectivity index (χ0v) is 8.62. The summed E-state index contributed by atoms with van der Waals surface area (Å²) < 4.78 is 0. The molecule has 0 amide bonds. The molecule has 0 spiro atoms. The Morgan fingerprint density at radius 1 is 1.50 bits per heavy atom. The van der Waals surface area contributed by atoms with E-state index in [0.717, 1.165) is 12.4 Å². The van der Waals surface area contributed by atoms with Gasteiger partial charge in [0.05, 0.1) is 0 Å². The van der Waals surface area contributed by atoms with Crippen molar-refractivity contribution in [2.24, 2.45) is 5.41 Å². The summed E-state index contributed by atoms with van der Waals surface area (Å²) in [6.45, 7) is 8.73. The van der Waals surface area contributed by atoms with Crippen LogP contribution in [0.4, 0.5) is 11.6 Å². The molecule has 1 rings (SSSR count). The molecule has 0 aliphatic heterocycles. The lowest BCUT2D eigenvalue weighted by molar-refractivity contribution is 0.513. The van der Waals surface area contributed by atoms with Crippen molar-refractivity contribution >= 4 is 11.6 Å². The molecule has 14 heavy (non-hydrogen) atoms. The standard InChI is InChI=1S/C10H16N4/c1-4-10(2,3)7-12-9-6-5-8(11)13-14-9/h4-6H,1,7H2,2-3H3,(H2,11,13)(H,12,14). The molecule has 3 N–H and O–H groups in total. The van der Waals surface area contributed by atoms with Gasteiger partial charge in [0.1, 0.15) is 11.6 Å². The van der Waals surface area contributed by atoms with Crippen LogP contribution in [0.3, 0.4) is 0 Å². The summed E-state index contributed by atoms with van der Waals surface area (Å²) >= 11 is 0. The predicted octanol–water partition coefficient (Wildman–Crippen LogP) is 1.68. The number of nitrogens with one attached hydrogen (secondary N) is 1. The Balaban J connectivity index is 2.54. The molecular formula is C10H16N4. The largest absolute Gasteiger partial charge is 0.382 e. The molecular weight excluding hydrogens is 176 g/mol. The SMILES string of the molecule is C=CC(C)(C)CNc1ccc(N)nn1. The lowest BCUT2D eigenvalue weighted by Gasteiger charge is -2.20. The van der Waals surface area contributed by atoms with Gasteiger partial charge in [-0.25, -0.2) is 0 Å². The first-order chi connectivity index (χ1) is 6.53. The Morgan fingerprint density at radius 3 is 2.71 bits per heavy atom. The number of nitrogens with zero attached hydrogens (tertiary/aromatic N) is 2. The van der Waals surface area contributed by atoms with Gasteiger partial charge in [0, 0.05) is 6.54 Å². The van der Waals surface area contributed by atoms with E-state index >= 15 is 0 Å². The molecule has 0 aromatic carbocycles. The first-order valence-corrected chi connectivity index (χ1v) is 4.50. The van der Waals surface area contributed by atoms with E-state index in [9.17, 15) is 0 Å². The van der Waals surface area contributed by atoms with Crippen LogP contribution in [-0.4, -0.2) is 16.7 Å². The number of aromatic nitrogens is 2. The Labute approximate surface area is 84.2 Å². The average molecular weight is 192 g/mol. The van der Waals surface area contributed by atoms with E-state index in [2.05, 4.69) is 35.9 Å². The zero-order chi connectivity index (χ0) is 10.6. The van der Waals surface area contributed by atoms with Gasteiger partial charge >= 0.3 is 0 Å². The van der Waals surface area contributed by atoms with Crippen LogP contribution in [-0.2, 0) is 0 Å². The average Bonchev–Trinajstić information content (AvgIpc) is 2.17. The van der Waals surface area contributed by atoms with Crippen LogP contribution >= 0.6 is 0 Å². The van der Waals surface area contributed by atoms with Gasteiger partial charge in [-0.05, 0) is 17.5 Å². The van der Waals surface area contributed by atoms with E-state index in [1.165, 1.54) is 0 Å². The van der Waals surface area contributed by atoms with Crippen molar-refractivity contribution in [1.29, 1.82) is 0 Å². The normalized spacial score (nSPS) is 11.0. The van der Waals surface area contributed by atoms with Gasteiger partial charge < -0.3 is 11.1 Å². The Kier molecular flexibility index (Phi) is 3.06. The van der Waals surface area contributed by atoms with Crippen LogP contribution in [0.1, 0.15) is 13.8 Å². The number of nitrogen functional groups attached to an aromatic ring is 1. The van der Waals surface area contributed by atoms with Crippen LogP contribution in [0.2, 0.25) is 0 Å². The fraction of sp³-hybridized carbons (Fsp3) is 0.400. The summed E-state index contributed by atoms with van der Waals surface area (Å²) in [4.78, 5) is 0. The van der Waals surface area contributed by atoms with E-state index < -0.39 is 0 Å². The van der Waals surface area contributed by atoms with Gasteiger partial charge in [0.15, 0.2) is 0 Å². The number of hydrogen-bond acceptors (Lipinski definition) is 4. The summed E-state index contributed by atoms with van der Waals surface area (Å²) in [5.74, 6) is 1.16. The monoisotopic (exact) mass is 192 g/mol. The summed E-state index contributed by atoms with van der Waals surface area (Å²) in [7, 11) is 0. The number of anilines is 2. The van der Waals surface area contributed by atoms with Crippen molar-refractivity contribution in [1.82, 2.24) is 10.2 Å². The molecule has 0 radical (unpaired) electrons. The van der Waals surface area contributed by atoms with Crippen molar-refractivity contribution in [2.75, 3.05) is 17.6 Å². The topological polar surface area (TPSA) is 63.8 Å². The second kappa shape index (κ2) is 4.09. The summed E-state index contributed by atoms with van der Waals surface area (Å²) in [6.07, 6.45) is 1.91. The van der Waals surface area contributed by atoms with Gasteiger partial charge in [-0.3, -0.25) is 0 Å². The van der Waals surface area contributed by atoms with Crippen LogP contribution < -0.4 is 11.1 Å². The van der Waals surface area contributed by atoms with Crippen molar-refractivity contribution < 1.29 is 0 Å². The van der Waals surface area contributed by atoms with E-state index in [0.29, 0.717) is 5.82 Å². The van der Waals surface area contributed by atoms with Crippen LogP contribution in [0.25, 0.3) is 0 Å². The second-order valence-corrected chi connectivity index (χ2v) is 3.89. The summed E-state index contributed by atoms with van der Waals surface area (Å²) in [6, 6.07) is 3.53. The molecule has 0 aliphatic carbocycles. The second-order valence-electron chi connectivity index (χ2n) is 3.89. The number of nitrogens with two attached hydrogens (primary N) is 1. The summed E-state index contributed by atoms with van der Waals surface area (Å²) in [5, 5.41) is 10.8. The zero-order valence-electron chi connectivity index (χ0n) is 8.62. The lowest BCUT2D eigenvalue weighted by Crippen LogP contribution is -2.20. The first kappa shape index (κ1) is 10.5. The van der Waals surface area contributed by atoms with Crippen LogP contribution in [0, 0.1) is 5.41 Å². The molecule has 0 fully saturated rings. The fourth-order valence-electron chi connectivity index (χ4n) is 0.827. The maximum Gasteiger partial charge on any atom is 0.148 e. The Morgan fingerprint density at radius 2 is 2.21 bits per heavy atom. The molecule has 0 saturated carbocycles. The molecule has 0 bridgehead atoms. The third-order valence-corrected chi connectivity index (χ3v) is 1.96. The van der Waals surface area contributed by atoms with Gasteiger partial charge in [0.2, 0.25) is 0 Å². The molecule has 0 aliphatic rings. The Hall–Kier alpha value is -1.58. The number of hydrogen-bond donors (Lipinski definition) is 2. The quantitative estimate of drug-likeness (QED) is 0.712. The minimum atomic E-state index is 0.0447. The molecule has 1 aromatic rings. The van der Waals surface area contributed by atoms with Crippen molar-refractivity contribution in [3.63, 3.8) is 0 Å². The van der Waals surface area contributed by atoms with Gasteiger partial charge in [-0.15, -0.1) is 16.8 Å². The van der Waals surface area contributed by atoms with Gasteiger partial charge in [-0.1, -0.05) is 19.9 Å². The van der Waals surface area contributed by atoms with Crippen molar-refractivity contribution in [3.05, 3.63) is 24.8 Å². The third-order valence-electron chi connectivity index (χ3n) is 1.96. The Bertz CT molecular complexity index is 302. The fourth-order valence-corrected chi connectivity index (χ4v) is 0.827. The first-order valence-electron chi connectivity index (χ1n) is 4.50. The smallest absolute Gasteiger partial charge is 0.148 e. The molecule has 4 heteroatoms. The van der Waals surface area contributed by atoms with Crippen molar-refractivity contribution in [2.45, 2.75) is 13.8 Å². The molecule has 1 aromatic heterocycles. The van der Waals surface area contributed by atoms with E-state index in [1.54, 1.807) is 6.07 Å². The highest BCUT2D eigenvalue weighted by Gasteiger charge is 2.12. The van der Waals surface area contributed by atoms with E-state index in [4.69, 9.17) is 5.73 Å².